The van der Waals surface area contributed by atoms with Crippen LogP contribution in [0.5, 0.6) is 5.75 Å². The first kappa shape index (κ1) is 19.8. The lowest BCUT2D eigenvalue weighted by Crippen LogP contribution is -2.04. The number of hydrogen-bond donors (Lipinski definition) is 1. The molecule has 30 heavy (non-hydrogen) atoms. The third-order valence-electron chi connectivity index (χ3n) is 4.77. The smallest absolute Gasteiger partial charge is 0.416 e. The van der Waals surface area contributed by atoms with Gasteiger partial charge in [-0.1, -0.05) is 42.5 Å². The molecule has 0 aliphatic rings. The molecule has 0 spiro atoms. The second kappa shape index (κ2) is 8.06. The standard InChI is InChI=1S/C24H19F3N2O/c1-16-13-19(9-12-22(16)30-15-17-5-3-2-4-6-17)21-14-28-23(29-21)18-7-10-20(11-8-18)24(25,26)27/h2-14H,15H2,1H3,(H,28,29). The first-order valence-electron chi connectivity index (χ1n) is 9.41. The molecule has 0 atom stereocenters. The van der Waals surface area contributed by atoms with Crippen molar-refractivity contribution in [2.75, 3.05) is 0 Å². The summed E-state index contributed by atoms with van der Waals surface area (Å²) >= 11 is 0. The van der Waals surface area contributed by atoms with Gasteiger partial charge in [-0.25, -0.2) is 4.98 Å². The number of aromatic nitrogens is 2. The summed E-state index contributed by atoms with van der Waals surface area (Å²) < 4.78 is 44.1. The Morgan fingerprint density at radius 3 is 2.27 bits per heavy atom. The Labute approximate surface area is 172 Å². The molecule has 6 heteroatoms. The average Bonchev–Trinajstić information content (AvgIpc) is 3.23. The highest BCUT2D eigenvalue weighted by Gasteiger charge is 2.30. The van der Waals surface area contributed by atoms with Crippen molar-refractivity contribution in [3.8, 4) is 28.4 Å². The molecule has 1 N–H and O–H groups in total. The lowest BCUT2D eigenvalue weighted by Gasteiger charge is -2.10. The van der Waals surface area contributed by atoms with Gasteiger partial charge in [0.15, 0.2) is 0 Å². The molecule has 0 radical (unpaired) electrons. The maximum absolute atomic E-state index is 12.7. The first-order valence-corrected chi connectivity index (χ1v) is 9.41. The molecule has 0 saturated heterocycles. The van der Waals surface area contributed by atoms with E-state index < -0.39 is 11.7 Å². The molecule has 0 aliphatic heterocycles. The minimum atomic E-state index is -4.35. The Kier molecular flexibility index (Phi) is 5.31. The van der Waals surface area contributed by atoms with E-state index in [9.17, 15) is 13.2 Å². The fourth-order valence-corrected chi connectivity index (χ4v) is 3.14. The third-order valence-corrected chi connectivity index (χ3v) is 4.77. The van der Waals surface area contributed by atoms with Gasteiger partial charge in [0, 0.05) is 17.3 Å². The molecule has 0 unspecified atom stereocenters. The SMILES string of the molecule is Cc1cc(-c2c[nH]c(-c3ccc(C(F)(F)F)cc3)n2)ccc1OCc1ccccc1. The monoisotopic (exact) mass is 408 g/mol. The van der Waals surface area contributed by atoms with E-state index in [1.165, 1.54) is 12.1 Å². The molecule has 3 aromatic carbocycles. The quantitative estimate of drug-likeness (QED) is 0.401. The fourth-order valence-electron chi connectivity index (χ4n) is 3.14. The molecule has 0 fully saturated rings. The molecule has 152 valence electrons. The van der Waals surface area contributed by atoms with Gasteiger partial charge >= 0.3 is 6.18 Å². The summed E-state index contributed by atoms with van der Waals surface area (Å²) in [6.45, 7) is 2.45. The Morgan fingerprint density at radius 2 is 1.60 bits per heavy atom. The van der Waals surface area contributed by atoms with Gasteiger partial charge in [-0.3, -0.25) is 0 Å². The van der Waals surface area contributed by atoms with Crippen LogP contribution in [0, 0.1) is 6.92 Å². The summed E-state index contributed by atoms with van der Waals surface area (Å²) in [4.78, 5) is 7.57. The van der Waals surface area contributed by atoms with Crippen LogP contribution in [0.15, 0.2) is 79.0 Å². The zero-order valence-electron chi connectivity index (χ0n) is 16.2. The Hall–Kier alpha value is -3.54. The van der Waals surface area contributed by atoms with Gasteiger partial charge in [0.05, 0.1) is 11.3 Å². The Morgan fingerprint density at radius 1 is 0.900 bits per heavy atom. The van der Waals surface area contributed by atoms with Crippen molar-refractivity contribution in [2.24, 2.45) is 0 Å². The van der Waals surface area contributed by atoms with Crippen LogP contribution in [-0.2, 0) is 12.8 Å². The van der Waals surface area contributed by atoms with Gasteiger partial charge in [0.2, 0.25) is 0 Å². The highest BCUT2D eigenvalue weighted by atomic mass is 19.4. The highest BCUT2D eigenvalue weighted by molar-refractivity contribution is 5.66. The summed E-state index contributed by atoms with van der Waals surface area (Å²) in [6, 6.07) is 20.7. The number of rotatable bonds is 5. The Bertz CT molecular complexity index is 1130. The van der Waals surface area contributed by atoms with E-state index in [1.54, 1.807) is 6.20 Å². The number of nitrogens with one attached hydrogen (secondary N) is 1. The van der Waals surface area contributed by atoms with Gasteiger partial charge in [-0.15, -0.1) is 0 Å². The van der Waals surface area contributed by atoms with Crippen LogP contribution in [-0.4, -0.2) is 9.97 Å². The minimum Gasteiger partial charge on any atom is -0.489 e. The number of halogens is 3. The number of benzene rings is 3. The number of ether oxygens (including phenoxy) is 1. The normalized spacial score (nSPS) is 11.5. The largest absolute Gasteiger partial charge is 0.489 e. The second-order valence-corrected chi connectivity index (χ2v) is 6.96. The minimum absolute atomic E-state index is 0.488. The summed E-state index contributed by atoms with van der Waals surface area (Å²) in [5.41, 5.74) is 3.59. The number of alkyl halides is 3. The maximum atomic E-state index is 12.7. The van der Waals surface area contributed by atoms with E-state index in [0.717, 1.165) is 34.6 Å². The predicted octanol–water partition coefficient (Wildman–Crippen LogP) is 6.65. The molecule has 0 amide bonds. The van der Waals surface area contributed by atoms with Crippen LogP contribution in [0.1, 0.15) is 16.7 Å². The zero-order valence-corrected chi connectivity index (χ0v) is 16.2. The van der Waals surface area contributed by atoms with Gasteiger partial charge in [-0.2, -0.15) is 13.2 Å². The molecule has 3 nitrogen and oxygen atoms in total. The number of H-pyrrole nitrogens is 1. The molecule has 0 bridgehead atoms. The van der Waals surface area contributed by atoms with Crippen molar-refractivity contribution < 1.29 is 17.9 Å². The molecule has 4 aromatic rings. The summed E-state index contributed by atoms with van der Waals surface area (Å²) in [5.74, 6) is 1.31. The maximum Gasteiger partial charge on any atom is 0.416 e. The zero-order chi connectivity index (χ0) is 21.1. The van der Waals surface area contributed by atoms with E-state index in [2.05, 4.69) is 9.97 Å². The summed E-state index contributed by atoms with van der Waals surface area (Å²) in [7, 11) is 0. The molecule has 4 rings (SSSR count). The van der Waals surface area contributed by atoms with E-state index in [1.807, 2.05) is 55.5 Å². The van der Waals surface area contributed by atoms with E-state index in [0.29, 0.717) is 23.7 Å². The number of aryl methyl sites for hydroxylation is 1. The number of aromatic amines is 1. The fraction of sp³-hybridized carbons (Fsp3) is 0.125. The van der Waals surface area contributed by atoms with Crippen LogP contribution < -0.4 is 4.74 Å². The van der Waals surface area contributed by atoms with Gasteiger partial charge in [0.1, 0.15) is 18.2 Å². The van der Waals surface area contributed by atoms with E-state index in [-0.39, 0.29) is 0 Å². The van der Waals surface area contributed by atoms with Crippen LogP contribution in [0.2, 0.25) is 0 Å². The van der Waals surface area contributed by atoms with Gasteiger partial charge in [-0.05, 0) is 48.4 Å². The number of imidazole rings is 1. The van der Waals surface area contributed by atoms with Crippen LogP contribution in [0.25, 0.3) is 22.6 Å². The van der Waals surface area contributed by atoms with Crippen molar-refractivity contribution in [1.82, 2.24) is 9.97 Å². The lowest BCUT2D eigenvalue weighted by atomic mass is 10.1. The second-order valence-electron chi connectivity index (χ2n) is 6.96. The van der Waals surface area contributed by atoms with Crippen molar-refractivity contribution in [3.63, 3.8) is 0 Å². The third kappa shape index (κ3) is 4.38. The summed E-state index contributed by atoms with van der Waals surface area (Å²) in [5, 5.41) is 0. The van der Waals surface area contributed by atoms with Crippen molar-refractivity contribution in [1.29, 1.82) is 0 Å². The van der Waals surface area contributed by atoms with Crippen LogP contribution in [0.3, 0.4) is 0 Å². The molecule has 0 aliphatic carbocycles. The molecule has 1 heterocycles. The molecule has 1 aromatic heterocycles. The lowest BCUT2D eigenvalue weighted by molar-refractivity contribution is -0.137. The highest BCUT2D eigenvalue weighted by Crippen LogP contribution is 2.31. The van der Waals surface area contributed by atoms with Crippen molar-refractivity contribution in [2.45, 2.75) is 19.7 Å². The number of hydrogen-bond acceptors (Lipinski definition) is 2. The molecule has 0 saturated carbocycles. The van der Waals surface area contributed by atoms with E-state index in [4.69, 9.17) is 4.74 Å². The Balaban J connectivity index is 1.50. The topological polar surface area (TPSA) is 37.9 Å². The molecular formula is C24H19F3N2O. The van der Waals surface area contributed by atoms with Crippen molar-refractivity contribution >= 4 is 0 Å². The van der Waals surface area contributed by atoms with Crippen LogP contribution in [0.4, 0.5) is 13.2 Å². The predicted molar refractivity (Wildman–Crippen MR) is 110 cm³/mol. The first-order chi connectivity index (χ1) is 14.4. The number of nitrogens with zero attached hydrogens (tertiary/aromatic N) is 1. The van der Waals surface area contributed by atoms with E-state index >= 15 is 0 Å². The average molecular weight is 408 g/mol. The van der Waals surface area contributed by atoms with Gasteiger partial charge in [0.25, 0.3) is 0 Å². The van der Waals surface area contributed by atoms with Crippen molar-refractivity contribution in [3.05, 3.63) is 95.7 Å². The summed E-state index contributed by atoms with van der Waals surface area (Å²) in [6.07, 6.45) is -2.61. The van der Waals surface area contributed by atoms with Crippen LogP contribution >= 0.6 is 0 Å². The van der Waals surface area contributed by atoms with Gasteiger partial charge < -0.3 is 9.72 Å². The molecular weight excluding hydrogens is 389 g/mol.